The normalized spacial score (nSPS) is 12.7. The molecular weight excluding hydrogens is 372 g/mol. The molecule has 0 fully saturated rings. The van der Waals surface area contributed by atoms with E-state index in [-0.39, 0.29) is 5.91 Å². The molecule has 134 valence electrons. The van der Waals surface area contributed by atoms with Crippen molar-refractivity contribution in [3.8, 4) is 11.3 Å². The van der Waals surface area contributed by atoms with Gasteiger partial charge in [0.15, 0.2) is 5.13 Å². The quantitative estimate of drug-likeness (QED) is 0.467. The molecule has 0 spiro atoms. The van der Waals surface area contributed by atoms with Crippen LogP contribution in [0.1, 0.15) is 31.2 Å². The molecule has 1 N–H and O–H groups in total. The van der Waals surface area contributed by atoms with Crippen molar-refractivity contribution in [3.63, 3.8) is 0 Å². The van der Waals surface area contributed by atoms with Crippen molar-refractivity contribution in [2.45, 2.75) is 26.7 Å². The molecule has 0 atom stereocenters. The summed E-state index contributed by atoms with van der Waals surface area (Å²) >= 11 is 3.24. The van der Waals surface area contributed by atoms with E-state index < -0.39 is 0 Å². The molecule has 5 heteroatoms. The van der Waals surface area contributed by atoms with Crippen molar-refractivity contribution >= 4 is 44.5 Å². The van der Waals surface area contributed by atoms with Gasteiger partial charge in [-0.25, -0.2) is 4.98 Å². The Morgan fingerprint density at radius 3 is 2.70 bits per heavy atom. The molecule has 0 radical (unpaired) electrons. The maximum atomic E-state index is 12.9. The van der Waals surface area contributed by atoms with Gasteiger partial charge < -0.3 is 0 Å². The molecule has 0 aliphatic heterocycles. The fraction of sp³-hybridized carbons (Fsp3) is 0.182. The molecule has 0 saturated heterocycles. The van der Waals surface area contributed by atoms with E-state index in [4.69, 9.17) is 0 Å². The number of anilines is 1. The first-order chi connectivity index (χ1) is 13.1. The van der Waals surface area contributed by atoms with Crippen molar-refractivity contribution in [3.05, 3.63) is 68.2 Å². The van der Waals surface area contributed by atoms with E-state index in [0.717, 1.165) is 35.0 Å². The monoisotopic (exact) mass is 390 g/mol. The van der Waals surface area contributed by atoms with Crippen LogP contribution in [0, 0.1) is 13.8 Å². The summed E-state index contributed by atoms with van der Waals surface area (Å²) in [4.78, 5) is 20.1. The summed E-state index contributed by atoms with van der Waals surface area (Å²) in [6, 6.07) is 12.5. The second kappa shape index (κ2) is 6.29. The summed E-state index contributed by atoms with van der Waals surface area (Å²) in [7, 11) is 0. The zero-order chi connectivity index (χ0) is 18.5. The van der Waals surface area contributed by atoms with Crippen LogP contribution < -0.4 is 5.32 Å². The molecule has 1 aliphatic rings. The van der Waals surface area contributed by atoms with Gasteiger partial charge in [0.05, 0.1) is 5.69 Å². The molecule has 1 amide bonds. The number of nitrogens with zero attached hydrogens (tertiary/aromatic N) is 1. The van der Waals surface area contributed by atoms with Gasteiger partial charge in [-0.2, -0.15) is 0 Å². The molecule has 4 aromatic rings. The zero-order valence-electron chi connectivity index (χ0n) is 15.1. The molecule has 0 saturated carbocycles. The highest BCUT2D eigenvalue weighted by atomic mass is 32.1. The lowest BCUT2D eigenvalue weighted by molar-refractivity contribution is 0.102. The molecule has 3 nitrogen and oxygen atoms in total. The highest BCUT2D eigenvalue weighted by molar-refractivity contribution is 7.14. The van der Waals surface area contributed by atoms with E-state index in [9.17, 15) is 4.79 Å². The molecule has 27 heavy (non-hydrogen) atoms. The zero-order valence-corrected chi connectivity index (χ0v) is 16.8. The standard InChI is InChI=1S/C22H18N2OS2/c1-12-10-18(13(2)27-12)19-11-26-22(23-19)24-21(25)17-9-8-15-7-6-14-4-3-5-16(17)20(14)15/h3-5,8-11H,6-7H2,1-2H3,(H,23,24,25). The number of rotatable bonds is 3. The highest BCUT2D eigenvalue weighted by Crippen LogP contribution is 2.34. The van der Waals surface area contributed by atoms with Gasteiger partial charge in [0, 0.05) is 26.3 Å². The van der Waals surface area contributed by atoms with Gasteiger partial charge in [-0.15, -0.1) is 22.7 Å². The number of aromatic nitrogens is 1. The van der Waals surface area contributed by atoms with Gasteiger partial charge in [0.1, 0.15) is 0 Å². The van der Waals surface area contributed by atoms with Crippen molar-refractivity contribution in [2.75, 3.05) is 5.32 Å². The molecule has 1 aliphatic carbocycles. The van der Waals surface area contributed by atoms with E-state index in [2.05, 4.69) is 42.3 Å². The number of carbonyl (C=O) groups is 1. The summed E-state index contributed by atoms with van der Waals surface area (Å²) in [6.07, 6.45) is 2.12. The van der Waals surface area contributed by atoms with Gasteiger partial charge in [0.2, 0.25) is 0 Å². The topological polar surface area (TPSA) is 42.0 Å². The second-order valence-corrected chi connectivity index (χ2v) is 9.25. The Kier molecular flexibility index (Phi) is 3.88. The van der Waals surface area contributed by atoms with Crippen LogP contribution in [0.15, 0.2) is 41.8 Å². The van der Waals surface area contributed by atoms with Gasteiger partial charge in [-0.05, 0) is 60.7 Å². The third kappa shape index (κ3) is 2.78. The number of benzene rings is 2. The Morgan fingerprint density at radius 1 is 1.11 bits per heavy atom. The fourth-order valence-electron chi connectivity index (χ4n) is 3.95. The fourth-order valence-corrected chi connectivity index (χ4v) is 5.59. The van der Waals surface area contributed by atoms with Crippen molar-refractivity contribution in [1.82, 2.24) is 4.98 Å². The van der Waals surface area contributed by atoms with Gasteiger partial charge in [0.25, 0.3) is 5.91 Å². The van der Waals surface area contributed by atoms with E-state index in [0.29, 0.717) is 5.13 Å². The predicted molar refractivity (Wildman–Crippen MR) is 114 cm³/mol. The first-order valence-electron chi connectivity index (χ1n) is 8.98. The summed E-state index contributed by atoms with van der Waals surface area (Å²) in [6.45, 7) is 4.21. The maximum Gasteiger partial charge on any atom is 0.258 e. The number of thiophene rings is 1. The lowest BCUT2D eigenvalue weighted by atomic mass is 9.99. The van der Waals surface area contributed by atoms with Crippen LogP contribution in [0.2, 0.25) is 0 Å². The third-order valence-electron chi connectivity index (χ3n) is 5.16. The van der Waals surface area contributed by atoms with Gasteiger partial charge in [-0.1, -0.05) is 24.3 Å². The summed E-state index contributed by atoms with van der Waals surface area (Å²) < 4.78 is 0. The first kappa shape index (κ1) is 16.7. The maximum absolute atomic E-state index is 12.9. The number of hydrogen-bond donors (Lipinski definition) is 1. The van der Waals surface area contributed by atoms with E-state index in [1.54, 1.807) is 11.3 Å². The van der Waals surface area contributed by atoms with Crippen LogP contribution in [-0.2, 0) is 12.8 Å². The number of hydrogen-bond acceptors (Lipinski definition) is 4. The predicted octanol–water partition coefficient (Wildman–Crippen LogP) is 5.99. The van der Waals surface area contributed by atoms with Gasteiger partial charge in [-0.3, -0.25) is 10.1 Å². The minimum absolute atomic E-state index is 0.0929. The van der Waals surface area contributed by atoms with Crippen LogP contribution in [0.3, 0.4) is 0 Å². The Morgan fingerprint density at radius 2 is 1.93 bits per heavy atom. The average molecular weight is 391 g/mol. The number of nitrogens with one attached hydrogen (secondary N) is 1. The Hall–Kier alpha value is -2.50. The van der Waals surface area contributed by atoms with Crippen LogP contribution >= 0.6 is 22.7 Å². The Labute approximate surface area is 165 Å². The summed E-state index contributed by atoms with van der Waals surface area (Å²) in [5, 5.41) is 7.95. The number of carbonyl (C=O) groups excluding carboxylic acids is 1. The molecule has 2 heterocycles. The second-order valence-electron chi connectivity index (χ2n) is 6.93. The van der Waals surface area contributed by atoms with Gasteiger partial charge >= 0.3 is 0 Å². The molecule has 2 aromatic carbocycles. The highest BCUT2D eigenvalue weighted by Gasteiger charge is 2.19. The Bertz CT molecular complexity index is 1190. The Balaban J connectivity index is 1.47. The van der Waals surface area contributed by atoms with Crippen molar-refractivity contribution in [1.29, 1.82) is 0 Å². The SMILES string of the molecule is Cc1cc(-c2csc(NC(=O)c3ccc4c5c(cccc35)CC4)n2)c(C)s1. The largest absolute Gasteiger partial charge is 0.298 e. The number of aryl methyl sites for hydroxylation is 4. The van der Waals surface area contributed by atoms with Crippen molar-refractivity contribution in [2.24, 2.45) is 0 Å². The molecule has 2 aromatic heterocycles. The molecule has 0 bridgehead atoms. The van der Waals surface area contributed by atoms with Crippen LogP contribution in [-0.4, -0.2) is 10.9 Å². The van der Waals surface area contributed by atoms with Crippen LogP contribution in [0.5, 0.6) is 0 Å². The number of thiazole rings is 1. The lowest BCUT2D eigenvalue weighted by Crippen LogP contribution is -2.12. The number of amides is 1. The smallest absolute Gasteiger partial charge is 0.258 e. The van der Waals surface area contributed by atoms with E-state index in [1.807, 2.05) is 23.6 Å². The van der Waals surface area contributed by atoms with E-state index in [1.165, 1.54) is 37.6 Å². The van der Waals surface area contributed by atoms with E-state index >= 15 is 0 Å². The molecule has 0 unspecified atom stereocenters. The minimum Gasteiger partial charge on any atom is -0.298 e. The summed E-state index contributed by atoms with van der Waals surface area (Å²) in [5.74, 6) is -0.0929. The average Bonchev–Trinajstić information content (AvgIpc) is 3.35. The third-order valence-corrected chi connectivity index (χ3v) is 6.89. The van der Waals surface area contributed by atoms with Crippen molar-refractivity contribution < 1.29 is 4.79 Å². The van der Waals surface area contributed by atoms with Crippen LogP contribution in [0.4, 0.5) is 5.13 Å². The first-order valence-corrected chi connectivity index (χ1v) is 10.7. The minimum atomic E-state index is -0.0929. The molecule has 5 rings (SSSR count). The van der Waals surface area contributed by atoms with Crippen LogP contribution in [0.25, 0.3) is 22.0 Å². The summed E-state index contributed by atoms with van der Waals surface area (Å²) in [5.41, 5.74) is 5.49. The molecular formula is C22H18N2OS2. The lowest BCUT2D eigenvalue weighted by Gasteiger charge is -2.08.